The van der Waals surface area contributed by atoms with E-state index in [-0.39, 0.29) is 11.8 Å². The van der Waals surface area contributed by atoms with Crippen molar-refractivity contribution >= 4 is 50.7 Å². The van der Waals surface area contributed by atoms with Gasteiger partial charge in [0.1, 0.15) is 0 Å². The van der Waals surface area contributed by atoms with E-state index in [0.29, 0.717) is 25.4 Å². The van der Waals surface area contributed by atoms with Crippen molar-refractivity contribution in [3.8, 4) is 11.1 Å². The molecule has 2 aromatic heterocycles. The number of amides is 2. The maximum Gasteiger partial charge on any atom is 0.230 e. The van der Waals surface area contributed by atoms with E-state index in [9.17, 15) is 9.59 Å². The number of nitrogens with zero attached hydrogens (tertiary/aromatic N) is 3. The first-order valence-corrected chi connectivity index (χ1v) is 13.8. The van der Waals surface area contributed by atoms with Gasteiger partial charge in [0.05, 0.1) is 16.8 Å². The van der Waals surface area contributed by atoms with Crippen LogP contribution in [0.4, 0.5) is 5.69 Å². The van der Waals surface area contributed by atoms with E-state index in [0.717, 1.165) is 64.6 Å². The van der Waals surface area contributed by atoms with E-state index in [2.05, 4.69) is 33.4 Å². The summed E-state index contributed by atoms with van der Waals surface area (Å²) in [5.74, 6) is -0.170. The fourth-order valence-corrected chi connectivity index (χ4v) is 7.22. The number of thiophene rings is 1. The number of benzene rings is 1. The highest BCUT2D eigenvalue weighted by Crippen LogP contribution is 2.45. The molecular formula is C27H29ClN4O2S. The molecule has 6 rings (SSSR count). The number of carbonyl (C=O) groups excluding carboxylic acids is 2. The van der Waals surface area contributed by atoms with Gasteiger partial charge in [0.2, 0.25) is 11.8 Å². The average Bonchev–Trinajstić information content (AvgIpc) is 3.28. The maximum absolute atomic E-state index is 12.2. The molecule has 35 heavy (non-hydrogen) atoms. The number of carbonyl (C=O) groups is 2. The van der Waals surface area contributed by atoms with Gasteiger partial charge in [-0.3, -0.25) is 19.5 Å². The van der Waals surface area contributed by atoms with Crippen molar-refractivity contribution in [2.24, 2.45) is 0 Å². The summed E-state index contributed by atoms with van der Waals surface area (Å²) in [5, 5.41) is 4.31. The number of imide groups is 1. The van der Waals surface area contributed by atoms with Crippen molar-refractivity contribution in [1.29, 1.82) is 0 Å². The van der Waals surface area contributed by atoms with E-state index in [4.69, 9.17) is 11.6 Å². The third-order valence-electron chi connectivity index (χ3n) is 7.49. The third-order valence-corrected chi connectivity index (χ3v) is 8.85. The van der Waals surface area contributed by atoms with Crippen molar-refractivity contribution in [2.45, 2.75) is 57.5 Å². The Kier molecular flexibility index (Phi) is 6.25. The second-order valence-corrected chi connectivity index (χ2v) is 11.3. The van der Waals surface area contributed by atoms with Gasteiger partial charge in [0, 0.05) is 58.3 Å². The molecule has 6 nitrogen and oxygen atoms in total. The Balaban J connectivity index is 1.44. The summed E-state index contributed by atoms with van der Waals surface area (Å²) in [4.78, 5) is 34.0. The Morgan fingerprint density at radius 1 is 1.03 bits per heavy atom. The van der Waals surface area contributed by atoms with Gasteiger partial charge in [-0.25, -0.2) is 0 Å². The topological polar surface area (TPSA) is 65.5 Å². The molecule has 0 bridgehead atoms. The van der Waals surface area contributed by atoms with Crippen molar-refractivity contribution < 1.29 is 9.59 Å². The lowest BCUT2D eigenvalue weighted by atomic mass is 9.91. The van der Waals surface area contributed by atoms with E-state index < -0.39 is 0 Å². The Bertz CT molecular complexity index is 1280. The van der Waals surface area contributed by atoms with Crippen LogP contribution >= 0.6 is 22.9 Å². The van der Waals surface area contributed by atoms with Crippen LogP contribution < -0.4 is 10.2 Å². The highest BCUT2D eigenvalue weighted by Gasteiger charge is 2.31. The minimum atomic E-state index is -0.0851. The van der Waals surface area contributed by atoms with Gasteiger partial charge < -0.3 is 10.2 Å². The predicted molar refractivity (Wildman–Crippen MR) is 141 cm³/mol. The third kappa shape index (κ3) is 4.34. The standard InChI is InChI=1S/C27H29ClN4O2S/c28-18-13-17-3-2-12-31(19-4-1-9-29-10-7-19)26(17)22(14-18)21-8-11-30-23-15-20(35-27(21)23)16-32-24(33)5-6-25(32)34/h8,11,13-15,19,29H,1-7,9-10,12,16H2/t19-/m1/s1. The van der Waals surface area contributed by atoms with Crippen LogP contribution in [0.1, 0.15) is 49.0 Å². The van der Waals surface area contributed by atoms with E-state index in [1.807, 2.05) is 12.3 Å². The predicted octanol–water partition coefficient (Wildman–Crippen LogP) is 5.16. The summed E-state index contributed by atoms with van der Waals surface area (Å²) >= 11 is 8.30. The number of hydrogen-bond donors (Lipinski definition) is 1. The Morgan fingerprint density at radius 2 is 1.89 bits per heavy atom. The summed E-state index contributed by atoms with van der Waals surface area (Å²) in [7, 11) is 0. The summed E-state index contributed by atoms with van der Waals surface area (Å²) in [6, 6.07) is 8.88. The first-order chi connectivity index (χ1) is 17.1. The lowest BCUT2D eigenvalue weighted by molar-refractivity contribution is -0.138. The van der Waals surface area contributed by atoms with Crippen LogP contribution in [0.2, 0.25) is 5.02 Å². The molecule has 1 N–H and O–H groups in total. The van der Waals surface area contributed by atoms with Crippen LogP contribution in [0, 0.1) is 0 Å². The molecule has 2 saturated heterocycles. The number of halogens is 1. The summed E-state index contributed by atoms with van der Waals surface area (Å²) in [5.41, 5.74) is 5.84. The molecule has 0 unspecified atom stereocenters. The molecule has 0 saturated carbocycles. The van der Waals surface area contributed by atoms with Gasteiger partial charge >= 0.3 is 0 Å². The highest BCUT2D eigenvalue weighted by atomic mass is 35.5. The van der Waals surface area contributed by atoms with Crippen LogP contribution in [-0.2, 0) is 22.6 Å². The van der Waals surface area contributed by atoms with Crippen molar-refractivity contribution in [3.05, 3.63) is 45.9 Å². The first-order valence-electron chi connectivity index (χ1n) is 12.6. The quantitative estimate of drug-likeness (QED) is 0.493. The summed E-state index contributed by atoms with van der Waals surface area (Å²) in [6.07, 6.45) is 8.20. The Hall–Kier alpha value is -2.48. The molecule has 2 amide bonds. The van der Waals surface area contributed by atoms with E-state index in [1.165, 1.54) is 34.6 Å². The number of anilines is 1. The fourth-order valence-electron chi connectivity index (χ4n) is 5.85. The smallest absolute Gasteiger partial charge is 0.230 e. The molecule has 3 aliphatic heterocycles. The Labute approximate surface area is 214 Å². The van der Waals surface area contributed by atoms with Crippen LogP contribution in [-0.4, -0.2) is 47.4 Å². The number of likely N-dealkylation sites (tertiary alicyclic amines) is 1. The van der Waals surface area contributed by atoms with Gasteiger partial charge in [0.15, 0.2) is 0 Å². The van der Waals surface area contributed by atoms with Gasteiger partial charge in [-0.05, 0) is 75.0 Å². The van der Waals surface area contributed by atoms with E-state index in [1.54, 1.807) is 11.3 Å². The molecule has 182 valence electrons. The lowest BCUT2D eigenvalue weighted by Gasteiger charge is -2.39. The lowest BCUT2D eigenvalue weighted by Crippen LogP contribution is -2.40. The number of hydrogen-bond acceptors (Lipinski definition) is 6. The number of rotatable bonds is 4. The van der Waals surface area contributed by atoms with Crippen molar-refractivity contribution in [1.82, 2.24) is 15.2 Å². The van der Waals surface area contributed by atoms with Gasteiger partial charge in [0.25, 0.3) is 0 Å². The number of fused-ring (bicyclic) bond motifs is 2. The molecule has 1 atom stereocenters. The average molecular weight is 509 g/mol. The SMILES string of the molecule is O=C1CCC(=O)N1Cc1cc2nccc(-c3cc(Cl)cc4c3N([C@@H]3CCCNCC3)CCC4)c2s1. The second kappa shape index (κ2) is 9.52. The zero-order chi connectivity index (χ0) is 23.9. The van der Waals surface area contributed by atoms with Gasteiger partial charge in [-0.2, -0.15) is 0 Å². The van der Waals surface area contributed by atoms with Crippen molar-refractivity contribution in [3.63, 3.8) is 0 Å². The van der Waals surface area contributed by atoms with Gasteiger partial charge in [-0.15, -0.1) is 11.3 Å². The molecular weight excluding hydrogens is 480 g/mol. The molecule has 5 heterocycles. The summed E-state index contributed by atoms with van der Waals surface area (Å²) < 4.78 is 1.08. The highest BCUT2D eigenvalue weighted by molar-refractivity contribution is 7.19. The second-order valence-electron chi connectivity index (χ2n) is 9.75. The van der Waals surface area contributed by atoms with E-state index >= 15 is 0 Å². The zero-order valence-electron chi connectivity index (χ0n) is 19.7. The largest absolute Gasteiger partial charge is 0.368 e. The fraction of sp³-hybridized carbons (Fsp3) is 0.444. The minimum Gasteiger partial charge on any atom is -0.368 e. The molecule has 3 aromatic rings. The minimum absolute atomic E-state index is 0.0851. The molecule has 0 spiro atoms. The Morgan fingerprint density at radius 3 is 2.74 bits per heavy atom. The first kappa shape index (κ1) is 23.0. The van der Waals surface area contributed by atoms with Crippen LogP contribution in [0.3, 0.4) is 0 Å². The normalized spacial score (nSPS) is 21.0. The number of pyridine rings is 1. The zero-order valence-corrected chi connectivity index (χ0v) is 21.3. The molecule has 3 aliphatic rings. The molecule has 0 radical (unpaired) electrons. The molecule has 1 aromatic carbocycles. The van der Waals surface area contributed by atoms with Crippen LogP contribution in [0.5, 0.6) is 0 Å². The van der Waals surface area contributed by atoms with Crippen LogP contribution in [0.25, 0.3) is 21.3 Å². The van der Waals surface area contributed by atoms with Gasteiger partial charge in [-0.1, -0.05) is 11.6 Å². The summed E-state index contributed by atoms with van der Waals surface area (Å²) in [6.45, 7) is 3.54. The number of nitrogens with one attached hydrogen (secondary N) is 1. The monoisotopic (exact) mass is 508 g/mol. The maximum atomic E-state index is 12.2. The molecule has 8 heteroatoms. The van der Waals surface area contributed by atoms with Crippen LogP contribution in [0.15, 0.2) is 30.5 Å². The van der Waals surface area contributed by atoms with Crippen molar-refractivity contribution in [2.75, 3.05) is 24.5 Å². The molecule has 0 aliphatic carbocycles. The molecule has 2 fully saturated rings. The number of aryl methyl sites for hydroxylation is 1. The number of aromatic nitrogens is 1.